The molecule has 0 bridgehead atoms. The molecule has 7 heteroatoms. The van der Waals surface area contributed by atoms with Gasteiger partial charge in [-0.15, -0.1) is 0 Å². The standard InChI is InChI=1S/C19H21BrN6/c1-15-6-7-26(23-15)19-12-18(21-14-22-19)25-10-8-24(9-11-25)13-16-4-2-3-5-17(16)20/h2-7,12,14H,8-11,13H2,1H3. The van der Waals surface area contributed by atoms with Crippen LogP contribution in [-0.4, -0.2) is 50.8 Å². The van der Waals surface area contributed by atoms with Crippen molar-refractivity contribution in [2.45, 2.75) is 13.5 Å². The van der Waals surface area contributed by atoms with Crippen molar-refractivity contribution in [2.24, 2.45) is 0 Å². The van der Waals surface area contributed by atoms with Gasteiger partial charge in [0, 0.05) is 49.5 Å². The summed E-state index contributed by atoms with van der Waals surface area (Å²) >= 11 is 3.64. The molecule has 1 fully saturated rings. The molecule has 4 rings (SSSR count). The molecular weight excluding hydrogens is 392 g/mol. The van der Waals surface area contributed by atoms with Gasteiger partial charge in [0.2, 0.25) is 0 Å². The molecule has 3 aromatic rings. The highest BCUT2D eigenvalue weighted by molar-refractivity contribution is 9.10. The summed E-state index contributed by atoms with van der Waals surface area (Å²) in [6, 6.07) is 12.4. The number of rotatable bonds is 4. The summed E-state index contributed by atoms with van der Waals surface area (Å²) in [6.07, 6.45) is 3.55. The normalized spacial score (nSPS) is 15.4. The van der Waals surface area contributed by atoms with E-state index in [1.165, 1.54) is 10.0 Å². The summed E-state index contributed by atoms with van der Waals surface area (Å²) in [5, 5.41) is 4.43. The van der Waals surface area contributed by atoms with Gasteiger partial charge >= 0.3 is 0 Å². The van der Waals surface area contributed by atoms with Crippen LogP contribution in [-0.2, 0) is 6.54 Å². The topological polar surface area (TPSA) is 50.1 Å². The molecule has 0 spiro atoms. The maximum Gasteiger partial charge on any atom is 0.158 e. The van der Waals surface area contributed by atoms with Gasteiger partial charge in [0.15, 0.2) is 5.82 Å². The zero-order valence-electron chi connectivity index (χ0n) is 14.7. The van der Waals surface area contributed by atoms with Gasteiger partial charge in [-0.2, -0.15) is 5.10 Å². The molecule has 3 heterocycles. The second-order valence-electron chi connectivity index (χ2n) is 6.49. The second-order valence-corrected chi connectivity index (χ2v) is 7.35. The molecule has 0 N–H and O–H groups in total. The number of benzene rings is 1. The van der Waals surface area contributed by atoms with Gasteiger partial charge in [-0.1, -0.05) is 34.1 Å². The third-order valence-corrected chi connectivity index (χ3v) is 5.42. The Morgan fingerprint density at radius 2 is 1.77 bits per heavy atom. The Morgan fingerprint density at radius 1 is 1.00 bits per heavy atom. The van der Waals surface area contributed by atoms with Crippen molar-refractivity contribution >= 4 is 21.7 Å². The molecule has 0 amide bonds. The van der Waals surface area contributed by atoms with Crippen molar-refractivity contribution in [1.29, 1.82) is 0 Å². The first-order valence-corrected chi connectivity index (χ1v) is 9.54. The molecule has 1 saturated heterocycles. The fourth-order valence-electron chi connectivity index (χ4n) is 3.18. The lowest BCUT2D eigenvalue weighted by Gasteiger charge is -2.35. The van der Waals surface area contributed by atoms with Crippen molar-refractivity contribution in [2.75, 3.05) is 31.1 Å². The van der Waals surface area contributed by atoms with Gasteiger partial charge in [0.1, 0.15) is 12.1 Å². The van der Waals surface area contributed by atoms with Crippen LogP contribution in [0.5, 0.6) is 0 Å². The van der Waals surface area contributed by atoms with Gasteiger partial charge < -0.3 is 4.90 Å². The molecule has 0 radical (unpaired) electrons. The van der Waals surface area contributed by atoms with Crippen LogP contribution in [0, 0.1) is 6.92 Å². The van der Waals surface area contributed by atoms with Crippen LogP contribution in [0.3, 0.4) is 0 Å². The number of nitrogens with zero attached hydrogens (tertiary/aromatic N) is 6. The first kappa shape index (κ1) is 17.2. The third kappa shape index (κ3) is 3.78. The molecule has 0 saturated carbocycles. The van der Waals surface area contributed by atoms with Gasteiger partial charge in [0.25, 0.3) is 0 Å². The van der Waals surface area contributed by atoms with E-state index in [-0.39, 0.29) is 0 Å². The molecule has 0 aliphatic carbocycles. The Balaban J connectivity index is 1.41. The average Bonchev–Trinajstić information content (AvgIpc) is 3.11. The fourth-order valence-corrected chi connectivity index (χ4v) is 3.59. The van der Waals surface area contributed by atoms with Crippen molar-refractivity contribution in [3.8, 4) is 5.82 Å². The SMILES string of the molecule is Cc1ccn(-c2cc(N3CCN(Cc4ccccc4Br)CC3)ncn2)n1. The smallest absolute Gasteiger partial charge is 0.158 e. The summed E-state index contributed by atoms with van der Waals surface area (Å²) in [7, 11) is 0. The molecule has 26 heavy (non-hydrogen) atoms. The predicted molar refractivity (Wildman–Crippen MR) is 106 cm³/mol. The number of anilines is 1. The van der Waals surface area contributed by atoms with Crippen molar-refractivity contribution < 1.29 is 0 Å². The molecule has 134 valence electrons. The monoisotopic (exact) mass is 412 g/mol. The summed E-state index contributed by atoms with van der Waals surface area (Å²) in [6.45, 7) is 6.89. The number of piperazine rings is 1. The van der Waals surface area contributed by atoms with Crippen LogP contribution in [0.2, 0.25) is 0 Å². The minimum Gasteiger partial charge on any atom is -0.354 e. The van der Waals surface area contributed by atoms with Crippen LogP contribution in [0.4, 0.5) is 5.82 Å². The molecule has 6 nitrogen and oxygen atoms in total. The molecule has 0 atom stereocenters. The summed E-state index contributed by atoms with van der Waals surface area (Å²) in [5.41, 5.74) is 2.31. The Morgan fingerprint density at radius 3 is 2.50 bits per heavy atom. The molecule has 0 unspecified atom stereocenters. The highest BCUT2D eigenvalue weighted by atomic mass is 79.9. The van der Waals surface area contributed by atoms with Gasteiger partial charge in [-0.05, 0) is 24.6 Å². The third-order valence-electron chi connectivity index (χ3n) is 4.64. The van der Waals surface area contributed by atoms with E-state index in [2.05, 4.69) is 65.1 Å². The maximum absolute atomic E-state index is 4.47. The zero-order valence-corrected chi connectivity index (χ0v) is 16.3. The number of hydrogen-bond donors (Lipinski definition) is 0. The predicted octanol–water partition coefficient (Wildman–Crippen LogP) is 3.06. The van der Waals surface area contributed by atoms with E-state index in [0.29, 0.717) is 0 Å². The van der Waals surface area contributed by atoms with Crippen molar-refractivity contribution in [3.05, 3.63) is 64.7 Å². The van der Waals surface area contributed by atoms with Crippen LogP contribution in [0.25, 0.3) is 5.82 Å². The molecule has 1 aliphatic heterocycles. The summed E-state index contributed by atoms with van der Waals surface area (Å²) in [4.78, 5) is 13.6. The highest BCUT2D eigenvalue weighted by Crippen LogP contribution is 2.20. The summed E-state index contributed by atoms with van der Waals surface area (Å²) in [5.74, 6) is 1.77. The lowest BCUT2D eigenvalue weighted by Crippen LogP contribution is -2.46. The summed E-state index contributed by atoms with van der Waals surface area (Å²) < 4.78 is 2.97. The Labute approximate surface area is 161 Å². The Bertz CT molecular complexity index is 885. The molecule has 1 aromatic carbocycles. The van der Waals surface area contributed by atoms with E-state index in [1.807, 2.05) is 25.3 Å². The van der Waals surface area contributed by atoms with Crippen LogP contribution in [0.1, 0.15) is 11.3 Å². The van der Waals surface area contributed by atoms with E-state index in [0.717, 1.165) is 50.1 Å². The highest BCUT2D eigenvalue weighted by Gasteiger charge is 2.19. The second kappa shape index (κ2) is 7.55. The van der Waals surface area contributed by atoms with Crippen molar-refractivity contribution in [3.63, 3.8) is 0 Å². The Kier molecular flexibility index (Phi) is 4.99. The van der Waals surface area contributed by atoms with Gasteiger partial charge in [0.05, 0.1) is 5.69 Å². The van der Waals surface area contributed by atoms with E-state index >= 15 is 0 Å². The Hall–Kier alpha value is -2.25. The average molecular weight is 413 g/mol. The number of aromatic nitrogens is 4. The minimum atomic E-state index is 0.804. The zero-order chi connectivity index (χ0) is 17.9. The van der Waals surface area contributed by atoms with E-state index in [1.54, 1.807) is 11.0 Å². The van der Waals surface area contributed by atoms with Crippen molar-refractivity contribution in [1.82, 2.24) is 24.6 Å². The first-order chi connectivity index (χ1) is 12.7. The molecule has 1 aliphatic rings. The molecular formula is C19H21BrN6. The molecule has 2 aromatic heterocycles. The van der Waals surface area contributed by atoms with Crippen LogP contribution >= 0.6 is 15.9 Å². The lowest BCUT2D eigenvalue weighted by molar-refractivity contribution is 0.249. The van der Waals surface area contributed by atoms with E-state index < -0.39 is 0 Å². The van der Waals surface area contributed by atoms with Crippen LogP contribution in [0.15, 0.2) is 53.4 Å². The van der Waals surface area contributed by atoms with Gasteiger partial charge in [-0.25, -0.2) is 14.6 Å². The van der Waals surface area contributed by atoms with E-state index in [4.69, 9.17) is 0 Å². The van der Waals surface area contributed by atoms with E-state index in [9.17, 15) is 0 Å². The number of hydrogen-bond acceptors (Lipinski definition) is 5. The lowest BCUT2D eigenvalue weighted by atomic mass is 10.2. The number of halogens is 1. The fraction of sp³-hybridized carbons (Fsp3) is 0.316. The maximum atomic E-state index is 4.47. The minimum absolute atomic E-state index is 0.804. The quantitative estimate of drug-likeness (QED) is 0.658. The largest absolute Gasteiger partial charge is 0.354 e. The first-order valence-electron chi connectivity index (χ1n) is 8.74. The van der Waals surface area contributed by atoms with Crippen LogP contribution < -0.4 is 4.90 Å². The van der Waals surface area contributed by atoms with Gasteiger partial charge in [-0.3, -0.25) is 4.90 Å². The number of aryl methyl sites for hydroxylation is 1.